The van der Waals surface area contributed by atoms with Gasteiger partial charge in [0.2, 0.25) is 0 Å². The van der Waals surface area contributed by atoms with Crippen LogP contribution in [-0.4, -0.2) is 24.8 Å². The topological polar surface area (TPSA) is 32.3 Å². The molecule has 0 aliphatic carbocycles. The fourth-order valence-corrected chi connectivity index (χ4v) is 2.13. The van der Waals surface area contributed by atoms with E-state index in [2.05, 4.69) is 19.2 Å². The van der Waals surface area contributed by atoms with Gasteiger partial charge in [-0.15, -0.1) is 0 Å². The van der Waals surface area contributed by atoms with Crippen molar-refractivity contribution in [3.63, 3.8) is 0 Å². The number of benzene rings is 1. The number of hydrogen-bond acceptors (Lipinski definition) is 2. The van der Waals surface area contributed by atoms with Crippen molar-refractivity contribution in [1.29, 1.82) is 0 Å². The molecule has 1 unspecified atom stereocenters. The zero-order valence-electron chi connectivity index (χ0n) is 11.0. The molecule has 0 radical (unpaired) electrons. The SMILES string of the molecule is CCC(C)(CO)CNCCc1ccc(Cl)cc1Cl. The Kier molecular flexibility index (Phi) is 6.44. The van der Waals surface area contributed by atoms with Gasteiger partial charge in [-0.05, 0) is 37.1 Å². The summed E-state index contributed by atoms with van der Waals surface area (Å²) in [5.41, 5.74) is 1.06. The van der Waals surface area contributed by atoms with E-state index < -0.39 is 0 Å². The van der Waals surface area contributed by atoms with Gasteiger partial charge in [0.15, 0.2) is 0 Å². The number of hydrogen-bond donors (Lipinski definition) is 2. The number of nitrogens with one attached hydrogen (secondary N) is 1. The smallest absolute Gasteiger partial charge is 0.0496 e. The van der Waals surface area contributed by atoms with Crippen molar-refractivity contribution in [2.75, 3.05) is 19.7 Å². The van der Waals surface area contributed by atoms with E-state index in [1.54, 1.807) is 6.07 Å². The van der Waals surface area contributed by atoms with Crippen LogP contribution in [0.2, 0.25) is 10.0 Å². The highest BCUT2D eigenvalue weighted by Crippen LogP contribution is 2.21. The van der Waals surface area contributed by atoms with Crippen molar-refractivity contribution in [1.82, 2.24) is 5.32 Å². The lowest BCUT2D eigenvalue weighted by atomic mass is 9.88. The molecule has 1 rings (SSSR count). The van der Waals surface area contributed by atoms with Crippen LogP contribution in [0.3, 0.4) is 0 Å². The van der Waals surface area contributed by atoms with E-state index in [0.717, 1.165) is 31.5 Å². The Hall–Kier alpha value is -0.280. The van der Waals surface area contributed by atoms with Crippen LogP contribution in [0.15, 0.2) is 18.2 Å². The average Bonchev–Trinajstić information content (AvgIpc) is 2.36. The van der Waals surface area contributed by atoms with Crippen molar-refractivity contribution in [2.24, 2.45) is 5.41 Å². The molecule has 0 saturated heterocycles. The summed E-state index contributed by atoms with van der Waals surface area (Å²) in [5.74, 6) is 0. The molecule has 1 atom stereocenters. The summed E-state index contributed by atoms with van der Waals surface area (Å²) in [7, 11) is 0. The summed E-state index contributed by atoms with van der Waals surface area (Å²) in [4.78, 5) is 0. The molecule has 102 valence electrons. The van der Waals surface area contributed by atoms with Gasteiger partial charge in [-0.1, -0.05) is 43.1 Å². The minimum absolute atomic E-state index is 0.0379. The first kappa shape index (κ1) is 15.8. The third-order valence-corrected chi connectivity index (χ3v) is 3.96. The van der Waals surface area contributed by atoms with Crippen LogP contribution in [0.4, 0.5) is 0 Å². The Morgan fingerprint density at radius 3 is 2.61 bits per heavy atom. The van der Waals surface area contributed by atoms with Crippen LogP contribution >= 0.6 is 23.2 Å². The number of halogens is 2. The van der Waals surface area contributed by atoms with Gasteiger partial charge in [0.1, 0.15) is 0 Å². The molecule has 0 amide bonds. The Morgan fingerprint density at radius 1 is 1.33 bits per heavy atom. The lowest BCUT2D eigenvalue weighted by molar-refractivity contribution is 0.136. The number of rotatable bonds is 7. The van der Waals surface area contributed by atoms with Crippen LogP contribution in [-0.2, 0) is 6.42 Å². The molecule has 0 heterocycles. The van der Waals surface area contributed by atoms with E-state index in [9.17, 15) is 5.11 Å². The van der Waals surface area contributed by atoms with Gasteiger partial charge in [-0.25, -0.2) is 0 Å². The van der Waals surface area contributed by atoms with Crippen LogP contribution in [0, 0.1) is 5.41 Å². The standard InChI is InChI=1S/C14H21Cl2NO/c1-3-14(2,10-18)9-17-7-6-11-4-5-12(15)8-13(11)16/h4-5,8,17-18H,3,6-7,9-10H2,1-2H3. The van der Waals surface area contributed by atoms with Crippen LogP contribution in [0.5, 0.6) is 0 Å². The molecular formula is C14H21Cl2NO. The van der Waals surface area contributed by atoms with E-state index in [1.165, 1.54) is 0 Å². The minimum atomic E-state index is -0.0379. The van der Waals surface area contributed by atoms with E-state index in [4.69, 9.17) is 23.2 Å². The first-order valence-electron chi connectivity index (χ1n) is 6.26. The average molecular weight is 290 g/mol. The maximum absolute atomic E-state index is 9.30. The molecule has 0 spiro atoms. The summed E-state index contributed by atoms with van der Waals surface area (Å²) in [5, 5.41) is 14.0. The van der Waals surface area contributed by atoms with Gasteiger partial charge >= 0.3 is 0 Å². The van der Waals surface area contributed by atoms with Crippen LogP contribution in [0.1, 0.15) is 25.8 Å². The highest BCUT2D eigenvalue weighted by atomic mass is 35.5. The molecular weight excluding hydrogens is 269 g/mol. The molecule has 0 aliphatic rings. The third-order valence-electron chi connectivity index (χ3n) is 3.37. The van der Waals surface area contributed by atoms with Crippen LogP contribution < -0.4 is 5.32 Å². The van der Waals surface area contributed by atoms with Gasteiger partial charge in [0.05, 0.1) is 0 Å². The zero-order chi connectivity index (χ0) is 13.6. The summed E-state index contributed by atoms with van der Waals surface area (Å²) >= 11 is 11.9. The summed E-state index contributed by atoms with van der Waals surface area (Å²) in [6.45, 7) is 6.03. The molecule has 18 heavy (non-hydrogen) atoms. The normalized spacial score (nSPS) is 14.5. The minimum Gasteiger partial charge on any atom is -0.396 e. The van der Waals surface area contributed by atoms with Gasteiger partial charge in [0.25, 0.3) is 0 Å². The number of aliphatic hydroxyl groups excluding tert-OH is 1. The lowest BCUT2D eigenvalue weighted by Gasteiger charge is -2.25. The first-order valence-corrected chi connectivity index (χ1v) is 7.02. The fourth-order valence-electron chi connectivity index (χ4n) is 1.63. The van der Waals surface area contributed by atoms with Crippen molar-refractivity contribution >= 4 is 23.2 Å². The molecule has 0 aromatic heterocycles. The number of aliphatic hydroxyl groups is 1. The summed E-state index contributed by atoms with van der Waals surface area (Å²) < 4.78 is 0. The molecule has 1 aromatic rings. The maximum Gasteiger partial charge on any atom is 0.0496 e. The maximum atomic E-state index is 9.30. The molecule has 0 fully saturated rings. The van der Waals surface area contributed by atoms with Crippen molar-refractivity contribution in [3.05, 3.63) is 33.8 Å². The Morgan fingerprint density at radius 2 is 2.06 bits per heavy atom. The lowest BCUT2D eigenvalue weighted by Crippen LogP contribution is -2.35. The Balaban J connectivity index is 2.38. The first-order chi connectivity index (χ1) is 8.50. The second-order valence-electron chi connectivity index (χ2n) is 4.98. The molecule has 2 nitrogen and oxygen atoms in total. The van der Waals surface area contributed by atoms with E-state index in [-0.39, 0.29) is 12.0 Å². The molecule has 4 heteroatoms. The van der Waals surface area contributed by atoms with E-state index in [1.807, 2.05) is 12.1 Å². The molecule has 0 bridgehead atoms. The molecule has 0 saturated carbocycles. The highest BCUT2D eigenvalue weighted by Gasteiger charge is 2.19. The third kappa shape index (κ3) is 4.77. The molecule has 2 N–H and O–H groups in total. The quantitative estimate of drug-likeness (QED) is 0.753. The van der Waals surface area contributed by atoms with Gasteiger partial charge in [-0.2, -0.15) is 0 Å². The van der Waals surface area contributed by atoms with Crippen molar-refractivity contribution in [3.8, 4) is 0 Å². The van der Waals surface area contributed by atoms with Gasteiger partial charge < -0.3 is 10.4 Å². The Labute approximate surface area is 119 Å². The largest absolute Gasteiger partial charge is 0.396 e. The highest BCUT2D eigenvalue weighted by molar-refractivity contribution is 6.35. The second-order valence-corrected chi connectivity index (χ2v) is 5.83. The second kappa shape index (κ2) is 7.34. The van der Waals surface area contributed by atoms with Crippen LogP contribution in [0.25, 0.3) is 0 Å². The van der Waals surface area contributed by atoms with Crippen molar-refractivity contribution < 1.29 is 5.11 Å². The summed E-state index contributed by atoms with van der Waals surface area (Å²) in [6.07, 6.45) is 1.82. The monoisotopic (exact) mass is 289 g/mol. The van der Waals surface area contributed by atoms with E-state index in [0.29, 0.717) is 10.0 Å². The predicted octanol–water partition coefficient (Wildman–Crippen LogP) is 3.53. The predicted molar refractivity (Wildman–Crippen MR) is 78.5 cm³/mol. The Bertz CT molecular complexity index is 378. The molecule has 0 aliphatic heterocycles. The van der Waals surface area contributed by atoms with Gasteiger partial charge in [-0.3, -0.25) is 0 Å². The van der Waals surface area contributed by atoms with Gasteiger partial charge in [0, 0.05) is 28.6 Å². The van der Waals surface area contributed by atoms with Crippen molar-refractivity contribution in [2.45, 2.75) is 26.7 Å². The molecule has 1 aromatic carbocycles. The zero-order valence-corrected chi connectivity index (χ0v) is 12.5. The summed E-state index contributed by atoms with van der Waals surface area (Å²) in [6, 6.07) is 5.58. The van der Waals surface area contributed by atoms with E-state index >= 15 is 0 Å². The fraction of sp³-hybridized carbons (Fsp3) is 0.571.